The van der Waals surface area contributed by atoms with Crippen LogP contribution in [0.5, 0.6) is 0 Å². The van der Waals surface area contributed by atoms with Crippen LogP contribution >= 0.6 is 0 Å². The number of amides is 1. The normalized spacial score (nSPS) is 24.3. The van der Waals surface area contributed by atoms with Gasteiger partial charge in [0.2, 0.25) is 5.91 Å². The smallest absolute Gasteiger partial charge is 0.328 e. The third-order valence-electron chi connectivity index (χ3n) is 2.78. The van der Waals surface area contributed by atoms with E-state index < -0.39 is 12.0 Å². The van der Waals surface area contributed by atoms with Crippen LogP contribution in [0, 0.1) is 11.3 Å². The predicted molar refractivity (Wildman–Crippen MR) is 53.3 cm³/mol. The minimum Gasteiger partial charge on any atom is -0.480 e. The first-order valence-electron chi connectivity index (χ1n) is 4.90. The second kappa shape index (κ2) is 4.18. The maximum absolute atomic E-state index is 11.6. The largest absolute Gasteiger partial charge is 0.480 e. The van der Waals surface area contributed by atoms with Crippen LogP contribution in [-0.2, 0) is 14.3 Å². The fourth-order valence-corrected chi connectivity index (χ4v) is 1.53. The van der Waals surface area contributed by atoms with Crippen LogP contribution < -0.4 is 5.32 Å². The molecule has 5 heteroatoms. The molecule has 1 aliphatic carbocycles. The zero-order chi connectivity index (χ0) is 11.6. The Morgan fingerprint density at radius 3 is 2.47 bits per heavy atom. The molecule has 0 aromatic rings. The van der Waals surface area contributed by atoms with Crippen molar-refractivity contribution in [1.82, 2.24) is 5.32 Å². The van der Waals surface area contributed by atoms with Gasteiger partial charge >= 0.3 is 5.97 Å². The monoisotopic (exact) mass is 215 g/mol. The summed E-state index contributed by atoms with van der Waals surface area (Å²) in [5.41, 5.74) is 0.0141. The van der Waals surface area contributed by atoms with Crippen molar-refractivity contribution < 1.29 is 19.4 Å². The molecule has 1 amide bonds. The molecule has 2 unspecified atom stereocenters. The number of carboxylic acid groups (broad SMARTS) is 1. The molecule has 1 rings (SSSR count). The molecule has 0 saturated heterocycles. The number of ether oxygens (including phenoxy) is 1. The molecule has 0 aliphatic heterocycles. The lowest BCUT2D eigenvalue weighted by Gasteiger charge is -2.13. The highest BCUT2D eigenvalue weighted by molar-refractivity contribution is 5.87. The predicted octanol–water partition coefficient (Wildman–Crippen LogP) is 0.248. The van der Waals surface area contributed by atoms with Crippen LogP contribution in [0.25, 0.3) is 0 Å². The van der Waals surface area contributed by atoms with Gasteiger partial charge in [0, 0.05) is 13.0 Å². The summed E-state index contributed by atoms with van der Waals surface area (Å²) in [7, 11) is 1.41. The van der Waals surface area contributed by atoms with Gasteiger partial charge in [-0.2, -0.15) is 0 Å². The molecule has 0 heterocycles. The van der Waals surface area contributed by atoms with Crippen molar-refractivity contribution in [2.75, 3.05) is 13.7 Å². The minimum atomic E-state index is -1.07. The Morgan fingerprint density at radius 2 is 2.13 bits per heavy atom. The number of carbonyl (C=O) groups excluding carboxylic acids is 1. The zero-order valence-electron chi connectivity index (χ0n) is 9.24. The molecule has 0 aromatic carbocycles. The van der Waals surface area contributed by atoms with Crippen molar-refractivity contribution in [2.24, 2.45) is 11.3 Å². The molecule has 1 fully saturated rings. The van der Waals surface area contributed by atoms with Gasteiger partial charge in [0.25, 0.3) is 0 Å². The Labute approximate surface area is 88.8 Å². The van der Waals surface area contributed by atoms with E-state index in [1.54, 1.807) is 0 Å². The molecule has 0 spiro atoms. The first kappa shape index (κ1) is 12.0. The maximum Gasteiger partial charge on any atom is 0.328 e. The Bertz CT molecular complexity index is 275. The van der Waals surface area contributed by atoms with E-state index >= 15 is 0 Å². The van der Waals surface area contributed by atoms with Crippen LogP contribution in [0.2, 0.25) is 0 Å². The summed E-state index contributed by atoms with van der Waals surface area (Å²) in [4.78, 5) is 22.3. The first-order valence-corrected chi connectivity index (χ1v) is 4.90. The lowest BCUT2D eigenvalue weighted by atomic mass is 10.1. The van der Waals surface area contributed by atoms with Crippen molar-refractivity contribution in [2.45, 2.75) is 26.3 Å². The van der Waals surface area contributed by atoms with E-state index in [1.165, 1.54) is 7.11 Å². The maximum atomic E-state index is 11.6. The summed E-state index contributed by atoms with van der Waals surface area (Å²) in [5, 5.41) is 11.3. The van der Waals surface area contributed by atoms with Crippen LogP contribution in [0.4, 0.5) is 0 Å². The summed E-state index contributed by atoms with van der Waals surface area (Å²) >= 11 is 0. The highest BCUT2D eigenvalue weighted by Crippen LogP contribution is 2.51. The van der Waals surface area contributed by atoms with Gasteiger partial charge in [-0.3, -0.25) is 4.79 Å². The minimum absolute atomic E-state index is 0.00573. The molecule has 86 valence electrons. The van der Waals surface area contributed by atoms with E-state index in [0.29, 0.717) is 0 Å². The summed E-state index contributed by atoms with van der Waals surface area (Å²) in [6.07, 6.45) is 0.818. The van der Waals surface area contributed by atoms with Crippen molar-refractivity contribution in [3.8, 4) is 0 Å². The van der Waals surface area contributed by atoms with Gasteiger partial charge in [-0.15, -0.1) is 0 Å². The summed E-state index contributed by atoms with van der Waals surface area (Å²) in [6, 6.07) is -0.945. The lowest BCUT2D eigenvalue weighted by Crippen LogP contribution is -2.44. The molecule has 0 bridgehead atoms. The molecule has 2 N–H and O–H groups in total. The van der Waals surface area contributed by atoms with Crippen LogP contribution in [-0.4, -0.2) is 36.7 Å². The molecule has 15 heavy (non-hydrogen) atoms. The average Bonchev–Trinajstić information content (AvgIpc) is 2.74. The van der Waals surface area contributed by atoms with E-state index in [2.05, 4.69) is 5.32 Å². The van der Waals surface area contributed by atoms with Gasteiger partial charge in [0.15, 0.2) is 6.04 Å². The average molecular weight is 215 g/mol. The SMILES string of the molecule is COCC(NC(=O)C1CC1(C)C)C(=O)O. The molecular formula is C10H17NO4. The molecule has 1 saturated carbocycles. The highest BCUT2D eigenvalue weighted by atomic mass is 16.5. The van der Waals surface area contributed by atoms with Gasteiger partial charge in [0.05, 0.1) is 6.61 Å². The number of carbonyl (C=O) groups is 2. The van der Waals surface area contributed by atoms with E-state index in [9.17, 15) is 9.59 Å². The van der Waals surface area contributed by atoms with Gasteiger partial charge in [-0.25, -0.2) is 4.79 Å². The quantitative estimate of drug-likeness (QED) is 0.689. The number of aliphatic carboxylic acids is 1. The van der Waals surface area contributed by atoms with E-state index in [-0.39, 0.29) is 23.8 Å². The van der Waals surface area contributed by atoms with Gasteiger partial charge < -0.3 is 15.2 Å². The highest BCUT2D eigenvalue weighted by Gasteiger charge is 2.51. The van der Waals surface area contributed by atoms with E-state index in [0.717, 1.165) is 6.42 Å². The number of methoxy groups -OCH3 is 1. The molecule has 1 aliphatic rings. The fraction of sp³-hybridized carbons (Fsp3) is 0.800. The van der Waals surface area contributed by atoms with Crippen molar-refractivity contribution in [3.05, 3.63) is 0 Å². The molecule has 0 radical (unpaired) electrons. The lowest BCUT2D eigenvalue weighted by molar-refractivity contribution is -0.143. The second-order valence-corrected chi connectivity index (χ2v) is 4.60. The summed E-state index contributed by atoms with van der Waals surface area (Å²) in [6.45, 7) is 3.97. The first-order chi connectivity index (χ1) is 6.88. The summed E-state index contributed by atoms with van der Waals surface area (Å²) in [5.74, 6) is -1.32. The Hall–Kier alpha value is -1.10. The number of rotatable bonds is 5. The molecule has 2 atom stereocenters. The third kappa shape index (κ3) is 2.92. The van der Waals surface area contributed by atoms with E-state index in [4.69, 9.17) is 9.84 Å². The molecular weight excluding hydrogens is 198 g/mol. The zero-order valence-corrected chi connectivity index (χ0v) is 9.24. The van der Waals surface area contributed by atoms with Crippen LogP contribution in [0.1, 0.15) is 20.3 Å². The van der Waals surface area contributed by atoms with Gasteiger partial charge in [0.1, 0.15) is 0 Å². The third-order valence-corrected chi connectivity index (χ3v) is 2.78. The number of hydrogen-bond donors (Lipinski definition) is 2. The number of hydrogen-bond acceptors (Lipinski definition) is 3. The Morgan fingerprint density at radius 1 is 1.60 bits per heavy atom. The second-order valence-electron chi connectivity index (χ2n) is 4.60. The Balaban J connectivity index is 2.45. The summed E-state index contributed by atoms with van der Waals surface area (Å²) < 4.78 is 4.72. The van der Waals surface area contributed by atoms with Crippen molar-refractivity contribution in [3.63, 3.8) is 0 Å². The molecule has 5 nitrogen and oxygen atoms in total. The Kier molecular flexibility index (Phi) is 3.34. The van der Waals surface area contributed by atoms with Crippen LogP contribution in [0.3, 0.4) is 0 Å². The molecule has 0 aromatic heterocycles. The van der Waals surface area contributed by atoms with Gasteiger partial charge in [-0.1, -0.05) is 13.8 Å². The standard InChI is InChI=1S/C10H17NO4/c1-10(2)4-6(10)8(12)11-7(5-15-3)9(13)14/h6-7H,4-5H2,1-3H3,(H,11,12)(H,13,14). The van der Waals surface area contributed by atoms with Gasteiger partial charge in [-0.05, 0) is 11.8 Å². The fourth-order valence-electron chi connectivity index (χ4n) is 1.53. The van der Waals surface area contributed by atoms with E-state index in [1.807, 2.05) is 13.8 Å². The number of nitrogens with one attached hydrogen (secondary N) is 1. The van der Waals surface area contributed by atoms with Crippen LogP contribution in [0.15, 0.2) is 0 Å². The van der Waals surface area contributed by atoms with Crippen molar-refractivity contribution in [1.29, 1.82) is 0 Å². The topological polar surface area (TPSA) is 75.6 Å². The number of carboxylic acids is 1. The van der Waals surface area contributed by atoms with Crippen molar-refractivity contribution >= 4 is 11.9 Å².